The zero-order valence-electron chi connectivity index (χ0n) is 20.5. The number of benzene rings is 2. The van der Waals surface area contributed by atoms with Gasteiger partial charge in [0.25, 0.3) is 5.91 Å². The predicted molar refractivity (Wildman–Crippen MR) is 134 cm³/mol. The molecular weight excluding hydrogens is 468 g/mol. The number of rotatable bonds is 6. The molecule has 7 nitrogen and oxygen atoms in total. The van der Waals surface area contributed by atoms with Crippen molar-refractivity contribution in [2.45, 2.75) is 26.8 Å². The lowest BCUT2D eigenvalue weighted by Crippen LogP contribution is -2.36. The smallest absolute Gasteiger partial charge is 0.253 e. The minimum atomic E-state index is -0.644. The molecule has 2 aliphatic heterocycles. The lowest BCUT2D eigenvalue weighted by Gasteiger charge is -2.28. The number of morpholine rings is 1. The average Bonchev–Trinajstić information content (AvgIpc) is 3.28. The van der Waals surface area contributed by atoms with Gasteiger partial charge in [-0.1, -0.05) is 0 Å². The number of hydrogen-bond donors (Lipinski definition) is 0. The van der Waals surface area contributed by atoms with Crippen LogP contribution in [0.1, 0.15) is 35.3 Å². The molecular formula is C27H29F2N3O4. The van der Waals surface area contributed by atoms with Gasteiger partial charge in [0, 0.05) is 73.8 Å². The van der Waals surface area contributed by atoms with Crippen molar-refractivity contribution in [2.24, 2.45) is 0 Å². The summed E-state index contributed by atoms with van der Waals surface area (Å²) >= 11 is 0. The van der Waals surface area contributed by atoms with Gasteiger partial charge in [0.1, 0.15) is 17.2 Å². The van der Waals surface area contributed by atoms with Crippen LogP contribution in [0.25, 0.3) is 11.0 Å². The van der Waals surface area contributed by atoms with Gasteiger partial charge in [-0.05, 0) is 38.5 Å². The Balaban J connectivity index is 1.63. The van der Waals surface area contributed by atoms with Crippen molar-refractivity contribution >= 4 is 28.4 Å². The topological polar surface area (TPSA) is 66.2 Å². The molecule has 0 bridgehead atoms. The molecule has 0 aliphatic carbocycles. The standard InChI is InChI=1S/C27H29F2N3O4/c1-3-30(4-2)27(34)17-11-18(16-32-6-5-20-22(29)13-19(28)14-23(20)32)26-21(12-17)24(33)15-25(36-26)31-7-9-35-10-8-31/h11-15H,3-10,16H2,1-2H3. The van der Waals surface area contributed by atoms with Gasteiger partial charge in [0.05, 0.1) is 18.6 Å². The molecule has 3 heterocycles. The first-order valence-corrected chi connectivity index (χ1v) is 12.3. The summed E-state index contributed by atoms with van der Waals surface area (Å²) in [5, 5.41) is 0.310. The van der Waals surface area contributed by atoms with Crippen LogP contribution in [-0.2, 0) is 17.7 Å². The number of anilines is 2. The largest absolute Gasteiger partial charge is 0.440 e. The van der Waals surface area contributed by atoms with Gasteiger partial charge in [-0.2, -0.15) is 0 Å². The molecule has 1 amide bonds. The second-order valence-electron chi connectivity index (χ2n) is 9.09. The Hall–Kier alpha value is -3.46. The number of fused-ring (bicyclic) bond motifs is 2. The van der Waals surface area contributed by atoms with E-state index in [0.29, 0.717) is 91.6 Å². The summed E-state index contributed by atoms with van der Waals surface area (Å²) in [4.78, 5) is 32.0. The maximum atomic E-state index is 14.4. The fraction of sp³-hybridized carbons (Fsp3) is 0.407. The van der Waals surface area contributed by atoms with Crippen LogP contribution in [0.5, 0.6) is 0 Å². The van der Waals surface area contributed by atoms with Crippen LogP contribution in [0.3, 0.4) is 0 Å². The third-order valence-corrected chi connectivity index (χ3v) is 6.98. The number of halogens is 2. The third-order valence-electron chi connectivity index (χ3n) is 6.98. The Morgan fingerprint density at radius 1 is 1.03 bits per heavy atom. The van der Waals surface area contributed by atoms with E-state index in [2.05, 4.69) is 0 Å². The van der Waals surface area contributed by atoms with Crippen LogP contribution < -0.4 is 15.2 Å². The Labute approximate surface area is 207 Å². The lowest BCUT2D eigenvalue weighted by atomic mass is 10.0. The maximum Gasteiger partial charge on any atom is 0.253 e. The summed E-state index contributed by atoms with van der Waals surface area (Å²) in [6.45, 7) is 7.85. The highest BCUT2D eigenvalue weighted by Crippen LogP contribution is 2.34. The van der Waals surface area contributed by atoms with Crippen molar-refractivity contribution in [2.75, 3.05) is 55.7 Å². The fourth-order valence-corrected chi connectivity index (χ4v) is 5.05. The minimum Gasteiger partial charge on any atom is -0.440 e. The molecule has 1 saturated heterocycles. The second-order valence-corrected chi connectivity index (χ2v) is 9.09. The van der Waals surface area contributed by atoms with Crippen molar-refractivity contribution in [3.8, 4) is 0 Å². The number of nitrogens with zero attached hydrogens (tertiary/aromatic N) is 3. The number of hydrogen-bond acceptors (Lipinski definition) is 6. The van der Waals surface area contributed by atoms with Crippen LogP contribution in [0, 0.1) is 11.6 Å². The molecule has 2 aromatic carbocycles. The first-order chi connectivity index (χ1) is 17.4. The molecule has 5 rings (SSSR count). The Morgan fingerprint density at radius 2 is 1.78 bits per heavy atom. The zero-order valence-corrected chi connectivity index (χ0v) is 20.5. The molecule has 0 saturated carbocycles. The van der Waals surface area contributed by atoms with Crippen molar-refractivity contribution in [1.29, 1.82) is 0 Å². The monoisotopic (exact) mass is 497 g/mol. The van der Waals surface area contributed by atoms with Gasteiger partial charge >= 0.3 is 0 Å². The molecule has 0 radical (unpaired) electrons. The average molecular weight is 498 g/mol. The third kappa shape index (κ3) is 4.43. The van der Waals surface area contributed by atoms with E-state index in [4.69, 9.17) is 9.15 Å². The van der Waals surface area contributed by atoms with Crippen molar-refractivity contribution < 1.29 is 22.7 Å². The molecule has 3 aromatic rings. The van der Waals surface area contributed by atoms with Gasteiger partial charge in [-0.3, -0.25) is 9.59 Å². The SMILES string of the molecule is CCN(CC)C(=O)c1cc(CN2CCc3c(F)cc(F)cc32)c2oc(N3CCOCC3)cc(=O)c2c1. The molecule has 0 atom stereocenters. The number of carbonyl (C=O) groups excluding carboxylic acids is 1. The van der Waals surface area contributed by atoms with Crippen LogP contribution in [0.4, 0.5) is 20.4 Å². The summed E-state index contributed by atoms with van der Waals surface area (Å²) in [7, 11) is 0. The Kier molecular flexibility index (Phi) is 6.66. The van der Waals surface area contributed by atoms with E-state index >= 15 is 0 Å². The first kappa shape index (κ1) is 24.2. The molecule has 0 spiro atoms. The van der Waals surface area contributed by atoms with E-state index < -0.39 is 11.6 Å². The van der Waals surface area contributed by atoms with Crippen molar-refractivity contribution in [3.05, 3.63) is 68.9 Å². The van der Waals surface area contributed by atoms with Crippen molar-refractivity contribution in [1.82, 2.24) is 4.90 Å². The van der Waals surface area contributed by atoms with Gasteiger partial charge in [-0.25, -0.2) is 8.78 Å². The molecule has 0 N–H and O–H groups in total. The number of amides is 1. The summed E-state index contributed by atoms with van der Waals surface area (Å²) in [5.74, 6) is -0.948. The van der Waals surface area contributed by atoms with Gasteiger partial charge < -0.3 is 23.9 Å². The molecule has 0 unspecified atom stereocenters. The second kappa shape index (κ2) is 9.89. The summed E-state index contributed by atoms with van der Waals surface area (Å²) in [6.07, 6.45) is 0.445. The van der Waals surface area contributed by atoms with E-state index in [1.165, 1.54) is 12.1 Å². The summed E-state index contributed by atoms with van der Waals surface area (Å²) < 4.78 is 40.1. The van der Waals surface area contributed by atoms with Crippen LogP contribution in [0.15, 0.2) is 39.5 Å². The van der Waals surface area contributed by atoms with Gasteiger partial charge in [-0.15, -0.1) is 0 Å². The number of ether oxygens (including phenoxy) is 1. The van der Waals surface area contributed by atoms with Crippen molar-refractivity contribution in [3.63, 3.8) is 0 Å². The highest BCUT2D eigenvalue weighted by atomic mass is 19.1. The molecule has 9 heteroatoms. The van der Waals surface area contributed by atoms with E-state index in [-0.39, 0.29) is 17.9 Å². The summed E-state index contributed by atoms with van der Waals surface area (Å²) in [5.41, 5.74) is 2.09. The minimum absolute atomic E-state index is 0.182. The molecule has 36 heavy (non-hydrogen) atoms. The normalized spacial score (nSPS) is 15.4. The first-order valence-electron chi connectivity index (χ1n) is 12.3. The highest BCUT2D eigenvalue weighted by molar-refractivity contribution is 5.98. The van der Waals surface area contributed by atoms with Gasteiger partial charge in [0.2, 0.25) is 0 Å². The van der Waals surface area contributed by atoms with Gasteiger partial charge in [0.15, 0.2) is 11.3 Å². The van der Waals surface area contributed by atoms with E-state index in [9.17, 15) is 18.4 Å². The van der Waals surface area contributed by atoms with E-state index in [0.717, 1.165) is 6.07 Å². The zero-order chi connectivity index (χ0) is 25.4. The highest BCUT2D eigenvalue weighted by Gasteiger charge is 2.26. The molecule has 190 valence electrons. The lowest BCUT2D eigenvalue weighted by molar-refractivity contribution is 0.0773. The van der Waals surface area contributed by atoms with E-state index in [1.807, 2.05) is 23.6 Å². The summed E-state index contributed by atoms with van der Waals surface area (Å²) in [6, 6.07) is 7.01. The quantitative estimate of drug-likeness (QED) is 0.514. The number of carbonyl (C=O) groups is 1. The van der Waals surface area contributed by atoms with Crippen LogP contribution >= 0.6 is 0 Å². The fourth-order valence-electron chi connectivity index (χ4n) is 5.05. The van der Waals surface area contributed by atoms with Crippen LogP contribution in [0.2, 0.25) is 0 Å². The maximum absolute atomic E-state index is 14.4. The Bertz CT molecular complexity index is 1360. The molecule has 1 fully saturated rings. The van der Waals surface area contributed by atoms with Crippen LogP contribution in [-0.4, -0.2) is 56.7 Å². The Morgan fingerprint density at radius 3 is 2.50 bits per heavy atom. The predicted octanol–water partition coefficient (Wildman–Crippen LogP) is 3.95. The molecule has 2 aliphatic rings. The van der Waals surface area contributed by atoms with E-state index in [1.54, 1.807) is 17.0 Å². The molecule has 1 aromatic heterocycles.